The number of alkyl carbamates (subject to hydrolysis) is 2. The normalized spacial score (nSPS) is 18.6. The third kappa shape index (κ3) is 8.08. The Morgan fingerprint density at radius 3 is 2.08 bits per heavy atom. The zero-order chi connectivity index (χ0) is 45.5. The summed E-state index contributed by atoms with van der Waals surface area (Å²) in [6.45, 7) is 8.52. The Bertz CT molecular complexity index is 2790. The minimum Gasteiger partial charge on any atom is -0.465 e. The Hall–Kier alpha value is -7.36. The number of imidazole rings is 2. The van der Waals surface area contributed by atoms with Crippen LogP contribution in [0.3, 0.4) is 0 Å². The summed E-state index contributed by atoms with van der Waals surface area (Å²) < 4.78 is 18.7. The number of ether oxygens (including phenoxy) is 3. The molecule has 336 valence electrons. The summed E-state index contributed by atoms with van der Waals surface area (Å²) >= 11 is 0. The van der Waals surface area contributed by atoms with Gasteiger partial charge in [-0.3, -0.25) is 9.59 Å². The highest BCUT2D eigenvalue weighted by molar-refractivity contribution is 5.93. The lowest BCUT2D eigenvalue weighted by Gasteiger charge is -2.30. The second kappa shape index (κ2) is 17.7. The van der Waals surface area contributed by atoms with Gasteiger partial charge in [-0.2, -0.15) is 0 Å². The first-order chi connectivity index (χ1) is 31.4. The first-order valence-electron chi connectivity index (χ1n) is 22.0. The zero-order valence-electron chi connectivity index (χ0n) is 37.2. The van der Waals surface area contributed by atoms with Gasteiger partial charge in [0.25, 0.3) is 0 Å². The molecule has 6 aromatic rings. The molecule has 6 heterocycles. The van der Waals surface area contributed by atoms with E-state index in [0.717, 1.165) is 63.1 Å². The van der Waals surface area contributed by atoms with Crippen LogP contribution < -0.4 is 15.4 Å². The van der Waals surface area contributed by atoms with Crippen molar-refractivity contribution in [2.24, 2.45) is 11.8 Å². The number of rotatable bonds is 11. The van der Waals surface area contributed by atoms with Crippen LogP contribution in [0, 0.1) is 11.8 Å². The maximum atomic E-state index is 13.8. The number of carbonyl (C=O) groups is 4. The van der Waals surface area contributed by atoms with Crippen LogP contribution in [-0.2, 0) is 19.1 Å². The van der Waals surface area contributed by atoms with Crippen molar-refractivity contribution in [3.63, 3.8) is 0 Å². The van der Waals surface area contributed by atoms with Gasteiger partial charge in [0.15, 0.2) is 0 Å². The molecule has 0 bridgehead atoms. The second-order valence-electron chi connectivity index (χ2n) is 17.4. The molecular formula is C49H53N9O7. The molecule has 2 unspecified atom stereocenters. The van der Waals surface area contributed by atoms with Crippen molar-refractivity contribution < 1.29 is 33.4 Å². The van der Waals surface area contributed by atoms with Crippen molar-refractivity contribution in [2.75, 3.05) is 27.3 Å². The van der Waals surface area contributed by atoms with Crippen LogP contribution in [0.2, 0.25) is 0 Å². The lowest BCUT2D eigenvalue weighted by molar-refractivity contribution is -0.136. The van der Waals surface area contributed by atoms with Gasteiger partial charge in [0.2, 0.25) is 18.0 Å². The van der Waals surface area contributed by atoms with Crippen molar-refractivity contribution in [1.82, 2.24) is 44.9 Å². The highest BCUT2D eigenvalue weighted by Gasteiger charge is 2.39. The zero-order valence-corrected chi connectivity index (χ0v) is 37.2. The number of nitrogens with zero attached hydrogens (tertiary/aromatic N) is 5. The minimum atomic E-state index is -0.760. The van der Waals surface area contributed by atoms with E-state index in [-0.39, 0.29) is 29.7 Å². The van der Waals surface area contributed by atoms with Crippen LogP contribution in [0.4, 0.5) is 9.59 Å². The van der Waals surface area contributed by atoms with E-state index >= 15 is 0 Å². The fourth-order valence-corrected chi connectivity index (χ4v) is 9.21. The molecule has 4 amide bonds. The fraction of sp³-hybridized carbons (Fsp3) is 0.347. The average Bonchev–Trinajstić information content (AvgIpc) is 4.18. The van der Waals surface area contributed by atoms with E-state index in [1.807, 2.05) is 81.3 Å². The molecule has 65 heavy (non-hydrogen) atoms. The summed E-state index contributed by atoms with van der Waals surface area (Å²) in [5.41, 5.74) is 7.33. The van der Waals surface area contributed by atoms with E-state index in [1.54, 1.807) is 11.1 Å². The monoisotopic (exact) mass is 879 g/mol. The molecule has 3 aromatic heterocycles. The molecule has 3 aliphatic rings. The number of amides is 4. The van der Waals surface area contributed by atoms with Gasteiger partial charge in [0.1, 0.15) is 35.5 Å². The number of fused-ring (bicyclic) bond motifs is 5. The van der Waals surface area contributed by atoms with Crippen molar-refractivity contribution >= 4 is 34.9 Å². The van der Waals surface area contributed by atoms with E-state index in [9.17, 15) is 19.2 Å². The summed E-state index contributed by atoms with van der Waals surface area (Å²) in [7, 11) is 2.57. The molecule has 0 saturated carbocycles. The number of nitrogens with one attached hydrogen (secondary N) is 4. The molecule has 0 spiro atoms. The van der Waals surface area contributed by atoms with Crippen LogP contribution >= 0.6 is 0 Å². The number of benzene rings is 3. The number of hydrogen-bond acceptors (Lipinski definition) is 9. The summed E-state index contributed by atoms with van der Waals surface area (Å²) in [6, 6.07) is 22.6. The lowest BCUT2D eigenvalue weighted by Crippen LogP contribution is -2.51. The number of aromatic nitrogens is 5. The smallest absolute Gasteiger partial charge is 0.407 e. The molecule has 3 aliphatic heterocycles. The summed E-state index contributed by atoms with van der Waals surface area (Å²) in [5, 5.41) is 6.42. The molecule has 9 rings (SSSR count). The third-order valence-electron chi connectivity index (χ3n) is 12.6. The van der Waals surface area contributed by atoms with E-state index in [1.165, 1.54) is 14.2 Å². The molecule has 5 atom stereocenters. The van der Waals surface area contributed by atoms with Gasteiger partial charge in [-0.25, -0.2) is 19.6 Å². The molecule has 3 aromatic carbocycles. The predicted octanol–water partition coefficient (Wildman–Crippen LogP) is 7.89. The largest absolute Gasteiger partial charge is 0.465 e. The molecule has 4 N–H and O–H groups in total. The van der Waals surface area contributed by atoms with E-state index in [0.29, 0.717) is 30.5 Å². The standard InChI is InChI=1S/C49H53N9O7/c1-27(2)41(54-48(61)63-5)45(59)56-20-10-14-37(56)43-50-25-34(52-43)30-17-19-36-32(22-30)23-39-33-18-16-31(24-40(33)65-47(58(36)39)29-12-8-7-9-13-29)35-26-51-44(53-35)38-15-11-21-57(38)46(60)42(28(3)4)55-49(62)64-6/h7-9,11-13,15-19,22-28,37-38,41-42,47H,10,14,20-21H2,1-6H3,(H,50,52)(H,51,53)(H,54,61)(H,55,62)/t37-,38-,41?,42-,47?/m0/s1. The number of methoxy groups -OCH3 is 2. The maximum absolute atomic E-state index is 13.8. The molecule has 1 saturated heterocycles. The molecule has 16 nitrogen and oxygen atoms in total. The van der Waals surface area contributed by atoms with Crippen LogP contribution in [-0.4, -0.2) is 97.7 Å². The Morgan fingerprint density at radius 1 is 0.769 bits per heavy atom. The first-order valence-corrected chi connectivity index (χ1v) is 22.0. The number of H-pyrrole nitrogens is 2. The Balaban J connectivity index is 1.00. The number of hydrogen-bond donors (Lipinski definition) is 4. The van der Waals surface area contributed by atoms with Crippen molar-refractivity contribution in [1.29, 1.82) is 0 Å². The average molecular weight is 880 g/mol. The Morgan fingerprint density at radius 2 is 1.40 bits per heavy atom. The van der Waals surface area contributed by atoms with E-state index in [4.69, 9.17) is 24.2 Å². The minimum absolute atomic E-state index is 0.130. The molecular weight excluding hydrogens is 827 g/mol. The number of aromatic amines is 2. The second-order valence-corrected chi connectivity index (χ2v) is 17.4. The summed E-state index contributed by atoms with van der Waals surface area (Å²) in [4.78, 5) is 71.7. The Labute approximate surface area is 376 Å². The van der Waals surface area contributed by atoms with E-state index in [2.05, 4.69) is 67.6 Å². The predicted molar refractivity (Wildman–Crippen MR) is 243 cm³/mol. The van der Waals surface area contributed by atoms with Gasteiger partial charge < -0.3 is 49.2 Å². The fourth-order valence-electron chi connectivity index (χ4n) is 9.21. The highest BCUT2D eigenvalue weighted by Crippen LogP contribution is 2.46. The van der Waals surface area contributed by atoms with Crippen molar-refractivity contribution in [3.05, 3.63) is 115 Å². The van der Waals surface area contributed by atoms with Crippen LogP contribution in [0.25, 0.3) is 44.7 Å². The molecule has 16 heteroatoms. The summed E-state index contributed by atoms with van der Waals surface area (Å²) in [5.74, 6) is 1.35. The van der Waals surface area contributed by atoms with Crippen LogP contribution in [0.15, 0.2) is 97.3 Å². The SMILES string of the molecule is COC(=O)NC(C(=O)N1CCC[C@H]1c1ncc(-c2ccc3c(c2)cc2n3C(c3ccccc3)Oc3cc(-c4cnc([C@@H]5C=CCN5C(=O)[C@@H](NC(=O)OC)C(C)C)[nH]4)ccc3-2)[nH]1)C(C)C. The molecule has 0 aliphatic carbocycles. The third-order valence-corrected chi connectivity index (χ3v) is 12.6. The maximum Gasteiger partial charge on any atom is 0.407 e. The van der Waals surface area contributed by atoms with Crippen LogP contribution in [0.1, 0.15) is 76.1 Å². The lowest BCUT2D eigenvalue weighted by atomic mass is 10.0. The van der Waals surface area contributed by atoms with Gasteiger partial charge in [0.05, 0.1) is 55.3 Å². The molecule has 1 fully saturated rings. The topological polar surface area (TPSA) is 189 Å². The quantitative estimate of drug-likeness (QED) is 0.0939. The highest BCUT2D eigenvalue weighted by atomic mass is 16.5. The van der Waals surface area contributed by atoms with Gasteiger partial charge in [-0.05, 0) is 55.0 Å². The van der Waals surface area contributed by atoms with Gasteiger partial charge in [-0.15, -0.1) is 0 Å². The van der Waals surface area contributed by atoms with Crippen LogP contribution in [0.5, 0.6) is 5.75 Å². The Kier molecular flexibility index (Phi) is 11.7. The van der Waals surface area contributed by atoms with Gasteiger partial charge in [0, 0.05) is 40.7 Å². The van der Waals surface area contributed by atoms with Gasteiger partial charge in [-0.1, -0.05) is 82.3 Å². The number of likely N-dealkylation sites (tertiary alicyclic amines) is 1. The first kappa shape index (κ1) is 42.9. The summed E-state index contributed by atoms with van der Waals surface area (Å²) in [6.07, 6.45) is 7.28. The van der Waals surface area contributed by atoms with Crippen molar-refractivity contribution in [3.8, 4) is 39.5 Å². The van der Waals surface area contributed by atoms with Gasteiger partial charge >= 0.3 is 12.2 Å². The molecule has 0 radical (unpaired) electrons. The number of carbonyl (C=O) groups excluding carboxylic acids is 4. The van der Waals surface area contributed by atoms with E-state index < -0.39 is 36.5 Å². The van der Waals surface area contributed by atoms with Crippen molar-refractivity contribution in [2.45, 2.75) is 70.9 Å².